The van der Waals surface area contributed by atoms with Crippen LogP contribution >= 0.6 is 11.3 Å². The van der Waals surface area contributed by atoms with E-state index in [-0.39, 0.29) is 12.3 Å². The van der Waals surface area contributed by atoms with E-state index in [9.17, 15) is 14.4 Å². The number of methoxy groups -OCH3 is 2. The Morgan fingerprint density at radius 3 is 2.46 bits per heavy atom. The first-order valence-corrected chi connectivity index (χ1v) is 11.9. The summed E-state index contributed by atoms with van der Waals surface area (Å²) < 4.78 is 15.8. The summed E-state index contributed by atoms with van der Waals surface area (Å²) in [6, 6.07) is 15.8. The van der Waals surface area contributed by atoms with Crippen molar-refractivity contribution in [2.24, 2.45) is 5.92 Å². The summed E-state index contributed by atoms with van der Waals surface area (Å²) in [4.78, 5) is 41.0. The minimum Gasteiger partial charge on any atom is -0.493 e. The summed E-state index contributed by atoms with van der Waals surface area (Å²) in [6.45, 7) is 1.50. The second-order valence-corrected chi connectivity index (χ2v) is 9.08. The molecule has 2 aromatic carbocycles. The predicted octanol–water partition coefficient (Wildman–Crippen LogP) is 4.35. The van der Waals surface area contributed by atoms with E-state index < -0.39 is 30.4 Å². The molecule has 2 unspecified atom stereocenters. The fourth-order valence-electron chi connectivity index (χ4n) is 4.10. The van der Waals surface area contributed by atoms with Crippen LogP contribution < -0.4 is 19.7 Å². The number of carbonyl (C=O) groups is 3. The number of hydrogen-bond acceptors (Lipinski definition) is 7. The summed E-state index contributed by atoms with van der Waals surface area (Å²) in [6.07, 6.45) is 0.00652. The van der Waals surface area contributed by atoms with Gasteiger partial charge in [-0.25, -0.2) is 0 Å². The zero-order valence-corrected chi connectivity index (χ0v) is 20.5. The number of hydrogen-bond donors (Lipinski definition) is 1. The van der Waals surface area contributed by atoms with Gasteiger partial charge in [-0.3, -0.25) is 14.4 Å². The Kier molecular flexibility index (Phi) is 7.36. The summed E-state index contributed by atoms with van der Waals surface area (Å²) >= 11 is 1.47. The number of thiophene rings is 1. The van der Waals surface area contributed by atoms with Crippen LogP contribution in [-0.4, -0.2) is 38.6 Å². The molecule has 2 atom stereocenters. The highest BCUT2D eigenvalue weighted by Crippen LogP contribution is 2.43. The zero-order chi connectivity index (χ0) is 24.9. The third kappa shape index (κ3) is 5.30. The van der Waals surface area contributed by atoms with Crippen LogP contribution in [0.3, 0.4) is 0 Å². The molecule has 35 heavy (non-hydrogen) atoms. The van der Waals surface area contributed by atoms with E-state index >= 15 is 0 Å². The predicted molar refractivity (Wildman–Crippen MR) is 133 cm³/mol. The standard InChI is InChI=1S/C26H26N2O6S/c1-16-6-9-18(10-7-16)28-24(30)14-19(25(28)22-5-4-12-35-22)26(31)34-15-23(29)27-17-8-11-20(32-2)21(13-17)33-3/h4-13,19,25H,14-15H2,1-3H3,(H,27,29). The first-order chi connectivity index (χ1) is 16.9. The SMILES string of the molecule is COc1ccc(NC(=O)COC(=O)C2CC(=O)N(c3ccc(C)cc3)C2c2cccs2)cc1OC. The quantitative estimate of drug-likeness (QED) is 0.468. The molecule has 1 saturated heterocycles. The van der Waals surface area contributed by atoms with Crippen molar-refractivity contribution < 1.29 is 28.6 Å². The Hall–Kier alpha value is -3.85. The number of carbonyl (C=O) groups excluding carboxylic acids is 3. The lowest BCUT2D eigenvalue weighted by Crippen LogP contribution is -2.31. The minimum atomic E-state index is -0.726. The molecule has 0 radical (unpaired) electrons. The number of benzene rings is 2. The lowest BCUT2D eigenvalue weighted by Gasteiger charge is -2.27. The maximum absolute atomic E-state index is 13.1. The molecule has 0 spiro atoms. The highest BCUT2D eigenvalue weighted by molar-refractivity contribution is 7.10. The average Bonchev–Trinajstić information content (AvgIpc) is 3.51. The van der Waals surface area contributed by atoms with Gasteiger partial charge in [0, 0.05) is 28.7 Å². The molecule has 1 aliphatic rings. The van der Waals surface area contributed by atoms with Crippen LogP contribution in [0.5, 0.6) is 11.5 Å². The van der Waals surface area contributed by atoms with Gasteiger partial charge in [0.15, 0.2) is 18.1 Å². The Morgan fingerprint density at radius 1 is 1.06 bits per heavy atom. The van der Waals surface area contributed by atoms with Gasteiger partial charge in [-0.1, -0.05) is 23.8 Å². The zero-order valence-electron chi connectivity index (χ0n) is 19.6. The molecular formula is C26H26N2O6S. The van der Waals surface area contributed by atoms with Gasteiger partial charge in [-0.2, -0.15) is 0 Å². The van der Waals surface area contributed by atoms with Gasteiger partial charge in [-0.05, 0) is 42.6 Å². The number of nitrogens with zero attached hydrogens (tertiary/aromatic N) is 1. The number of rotatable bonds is 8. The number of ether oxygens (including phenoxy) is 3. The highest BCUT2D eigenvalue weighted by atomic mass is 32.1. The Morgan fingerprint density at radius 2 is 1.80 bits per heavy atom. The van der Waals surface area contributed by atoms with Gasteiger partial charge in [-0.15, -0.1) is 11.3 Å². The smallest absolute Gasteiger partial charge is 0.312 e. The molecule has 1 aliphatic heterocycles. The van der Waals surface area contributed by atoms with Crippen LogP contribution in [0.2, 0.25) is 0 Å². The van der Waals surface area contributed by atoms with E-state index in [1.807, 2.05) is 48.7 Å². The topological polar surface area (TPSA) is 94.2 Å². The summed E-state index contributed by atoms with van der Waals surface area (Å²) in [5.41, 5.74) is 2.27. The molecule has 2 heterocycles. The summed E-state index contributed by atoms with van der Waals surface area (Å²) in [5.74, 6) is -0.991. The fourth-order valence-corrected chi connectivity index (χ4v) is 4.98. The fraction of sp³-hybridized carbons (Fsp3) is 0.269. The van der Waals surface area contributed by atoms with E-state index in [1.165, 1.54) is 25.6 Å². The Balaban J connectivity index is 1.46. The highest BCUT2D eigenvalue weighted by Gasteiger charge is 2.46. The normalized spacial score (nSPS) is 17.2. The molecule has 2 amide bonds. The number of amides is 2. The molecule has 0 aliphatic carbocycles. The van der Waals surface area contributed by atoms with Crippen LogP contribution in [0.4, 0.5) is 11.4 Å². The van der Waals surface area contributed by atoms with Gasteiger partial charge >= 0.3 is 5.97 Å². The minimum absolute atomic E-state index is 0.00652. The van der Waals surface area contributed by atoms with E-state index in [0.717, 1.165) is 16.1 Å². The van der Waals surface area contributed by atoms with E-state index in [4.69, 9.17) is 14.2 Å². The second-order valence-electron chi connectivity index (χ2n) is 8.10. The molecule has 1 N–H and O–H groups in total. The first kappa shape index (κ1) is 24.3. The van der Waals surface area contributed by atoms with Crippen molar-refractivity contribution in [1.29, 1.82) is 0 Å². The molecule has 1 aromatic heterocycles. The van der Waals surface area contributed by atoms with Crippen LogP contribution in [0, 0.1) is 12.8 Å². The van der Waals surface area contributed by atoms with Crippen molar-refractivity contribution in [2.45, 2.75) is 19.4 Å². The Labute approximate surface area is 207 Å². The average molecular weight is 495 g/mol. The van der Waals surface area contributed by atoms with Crippen molar-refractivity contribution in [2.75, 3.05) is 31.0 Å². The largest absolute Gasteiger partial charge is 0.493 e. The van der Waals surface area contributed by atoms with Gasteiger partial charge in [0.05, 0.1) is 26.2 Å². The van der Waals surface area contributed by atoms with Crippen LogP contribution in [0.1, 0.15) is 22.9 Å². The van der Waals surface area contributed by atoms with Crippen molar-refractivity contribution in [3.63, 3.8) is 0 Å². The lowest BCUT2D eigenvalue weighted by molar-refractivity contribution is -0.152. The molecule has 0 bridgehead atoms. The van der Waals surface area contributed by atoms with Crippen LogP contribution in [-0.2, 0) is 19.1 Å². The maximum Gasteiger partial charge on any atom is 0.312 e. The molecular weight excluding hydrogens is 468 g/mol. The van der Waals surface area contributed by atoms with Gasteiger partial charge < -0.3 is 24.4 Å². The first-order valence-electron chi connectivity index (χ1n) is 11.0. The molecule has 182 valence electrons. The second kappa shape index (κ2) is 10.6. The van der Waals surface area contributed by atoms with E-state index in [1.54, 1.807) is 23.1 Å². The summed E-state index contributed by atoms with van der Waals surface area (Å²) in [5, 5.41) is 4.58. The maximum atomic E-state index is 13.1. The molecule has 8 nitrogen and oxygen atoms in total. The van der Waals surface area contributed by atoms with Gasteiger partial charge in [0.2, 0.25) is 5.91 Å². The van der Waals surface area contributed by atoms with Crippen LogP contribution in [0.15, 0.2) is 60.0 Å². The molecule has 1 fully saturated rings. The third-order valence-corrected chi connectivity index (χ3v) is 6.73. The van der Waals surface area contributed by atoms with Crippen molar-refractivity contribution >= 4 is 40.5 Å². The number of nitrogens with one attached hydrogen (secondary N) is 1. The molecule has 9 heteroatoms. The van der Waals surface area contributed by atoms with Crippen LogP contribution in [0.25, 0.3) is 0 Å². The Bertz CT molecular complexity index is 1210. The van der Waals surface area contributed by atoms with E-state index in [0.29, 0.717) is 17.2 Å². The summed E-state index contributed by atoms with van der Waals surface area (Å²) in [7, 11) is 3.02. The molecule has 4 rings (SSSR count). The molecule has 0 saturated carbocycles. The number of esters is 1. The van der Waals surface area contributed by atoms with Gasteiger partial charge in [0.25, 0.3) is 5.91 Å². The monoisotopic (exact) mass is 494 g/mol. The van der Waals surface area contributed by atoms with Gasteiger partial charge in [0.1, 0.15) is 0 Å². The number of anilines is 2. The van der Waals surface area contributed by atoms with Crippen molar-refractivity contribution in [3.05, 3.63) is 70.4 Å². The van der Waals surface area contributed by atoms with Crippen molar-refractivity contribution in [1.82, 2.24) is 0 Å². The lowest BCUT2D eigenvalue weighted by atomic mass is 9.99. The third-order valence-electron chi connectivity index (χ3n) is 5.78. The number of aryl methyl sites for hydroxylation is 1. The van der Waals surface area contributed by atoms with E-state index in [2.05, 4.69) is 5.32 Å². The van der Waals surface area contributed by atoms with Crippen molar-refractivity contribution in [3.8, 4) is 11.5 Å². The molecule has 3 aromatic rings.